The number of rotatable bonds is 15. The largest absolute Gasteiger partial charge is 0.466 e. The first-order chi connectivity index (χ1) is 27.6. The molecule has 0 radical (unpaired) electrons. The quantitative estimate of drug-likeness (QED) is 0.0774. The lowest BCUT2D eigenvalue weighted by Gasteiger charge is -2.48. The molecule has 2 aliphatic heterocycles. The molecule has 1 aliphatic carbocycles. The normalized spacial score (nSPS) is 30.4. The van der Waals surface area contributed by atoms with Crippen molar-refractivity contribution in [1.82, 2.24) is 26.6 Å². The monoisotopic (exact) mass is 863 g/mol. The summed E-state index contributed by atoms with van der Waals surface area (Å²) in [5, 5.41) is 67.5. The number of aliphatic hydroxyl groups is 5. The summed E-state index contributed by atoms with van der Waals surface area (Å²) >= 11 is 0. The molecule has 0 aromatic rings. The second-order valence-corrected chi connectivity index (χ2v) is 18.5. The van der Waals surface area contributed by atoms with E-state index in [9.17, 15) is 44.7 Å². The molecule has 21 heteroatoms. The van der Waals surface area contributed by atoms with E-state index in [2.05, 4.69) is 26.6 Å². The average Bonchev–Trinajstić information content (AvgIpc) is 3.07. The minimum atomic E-state index is -1.76. The summed E-state index contributed by atoms with van der Waals surface area (Å²) < 4.78 is 40.7. The van der Waals surface area contributed by atoms with Crippen molar-refractivity contribution in [3.8, 4) is 0 Å². The van der Waals surface area contributed by atoms with Gasteiger partial charge < -0.3 is 85.3 Å². The van der Waals surface area contributed by atoms with Crippen LogP contribution in [0.5, 0.6) is 0 Å². The third-order valence-corrected chi connectivity index (χ3v) is 8.98. The van der Waals surface area contributed by atoms with Crippen molar-refractivity contribution >= 4 is 24.2 Å². The van der Waals surface area contributed by atoms with Crippen LogP contribution >= 0.6 is 0 Å². The molecule has 0 spiro atoms. The van der Waals surface area contributed by atoms with Crippen molar-refractivity contribution < 1.29 is 77.9 Å². The van der Waals surface area contributed by atoms with Crippen LogP contribution in [0.2, 0.25) is 0 Å². The number of hydrogen-bond donors (Lipinski definition) is 10. The maximum atomic E-state index is 13.5. The van der Waals surface area contributed by atoms with Gasteiger partial charge in [0.05, 0.1) is 43.5 Å². The lowest BCUT2D eigenvalue weighted by Crippen LogP contribution is -2.68. The van der Waals surface area contributed by atoms with E-state index in [0.29, 0.717) is 5.76 Å². The van der Waals surface area contributed by atoms with Gasteiger partial charge in [0.2, 0.25) is 12.2 Å². The van der Waals surface area contributed by atoms with Crippen molar-refractivity contribution in [3.63, 3.8) is 0 Å². The highest BCUT2D eigenvalue weighted by atomic mass is 16.7. The average molecular weight is 864 g/mol. The van der Waals surface area contributed by atoms with E-state index in [4.69, 9.17) is 33.2 Å². The summed E-state index contributed by atoms with van der Waals surface area (Å²) in [6.45, 7) is 16.4. The topological polar surface area (TPSA) is 294 Å². The Morgan fingerprint density at radius 2 is 1.35 bits per heavy atom. The summed E-state index contributed by atoms with van der Waals surface area (Å²) in [5.41, 5.74) is -3.97. The second kappa shape index (κ2) is 21.5. The van der Waals surface area contributed by atoms with Crippen LogP contribution in [-0.2, 0) is 38.0 Å². The molecule has 2 heterocycles. The van der Waals surface area contributed by atoms with Gasteiger partial charge >= 0.3 is 18.3 Å². The predicted molar refractivity (Wildman–Crippen MR) is 212 cm³/mol. The van der Waals surface area contributed by atoms with Gasteiger partial charge in [0.1, 0.15) is 53.1 Å². The highest BCUT2D eigenvalue weighted by Gasteiger charge is 2.51. The molecule has 0 unspecified atom stereocenters. The number of nitrogens with one attached hydrogen (secondary N) is 5. The summed E-state index contributed by atoms with van der Waals surface area (Å²) in [5.74, 6) is -0.533. The lowest BCUT2D eigenvalue weighted by atomic mass is 9.83. The number of aliphatic hydroxyl groups excluding tert-OH is 4. The molecule has 0 aromatic heterocycles. The summed E-state index contributed by atoms with van der Waals surface area (Å²) in [6.07, 6.45) is -11.6. The SMILES string of the molecule is CC(C)(C)OC(=O)NCC[C@H](O)C(=O)N[C@@H]1C[C@H](NC(=O)OC(C)(C)C)[C@@H](O[C@H]2OC(CNCCO)=CC[C@H]2NC(=O)OC(C)(C)C)[C@H](O)[C@H]1O[C@H]1OC[C@](C)(O)C[C@H]1O. The van der Waals surface area contributed by atoms with E-state index < -0.39 is 108 Å². The number of amides is 4. The van der Waals surface area contributed by atoms with Crippen LogP contribution in [0.15, 0.2) is 11.8 Å². The van der Waals surface area contributed by atoms with E-state index in [1.165, 1.54) is 6.92 Å². The van der Waals surface area contributed by atoms with Crippen LogP contribution in [0.1, 0.15) is 94.9 Å². The van der Waals surface area contributed by atoms with Crippen LogP contribution in [0, 0.1) is 0 Å². The first-order valence-corrected chi connectivity index (χ1v) is 20.3. The van der Waals surface area contributed by atoms with Crippen LogP contribution in [-0.4, -0.2) is 166 Å². The molecule has 4 amide bonds. The van der Waals surface area contributed by atoms with E-state index in [1.807, 2.05) is 0 Å². The van der Waals surface area contributed by atoms with E-state index in [-0.39, 0.29) is 58.5 Å². The Balaban J connectivity index is 1.98. The standard InChI is InChI=1S/C39H69N5O16/c1-36(2,3)58-33(50)41-14-13-25(46)30(49)42-23-17-24(44-35(52)60-38(7,8)9)29(27(48)28(23)57-32-26(47)18-39(10,53)20-54-32)56-31-22(43-34(51)59-37(4,5)6)12-11-21(55-31)19-40-15-16-45/h11,22-29,31-32,40,45-48,53H,12-20H2,1-10H3,(H,41,50)(H,42,49)(H,43,51)(H,44,52)/t22-,23-,24+,25+,26-,27-,28+,29-,31-,32-,39-/m1/s1. The van der Waals surface area contributed by atoms with Crippen LogP contribution in [0.4, 0.5) is 14.4 Å². The highest BCUT2D eigenvalue weighted by Crippen LogP contribution is 2.33. The van der Waals surface area contributed by atoms with Crippen molar-refractivity contribution in [2.24, 2.45) is 0 Å². The van der Waals surface area contributed by atoms with Crippen molar-refractivity contribution in [1.29, 1.82) is 0 Å². The number of alkyl carbamates (subject to hydrolysis) is 3. The van der Waals surface area contributed by atoms with Gasteiger partial charge in [-0.3, -0.25) is 4.79 Å². The van der Waals surface area contributed by atoms with Crippen molar-refractivity contribution in [2.75, 3.05) is 32.8 Å². The number of hydrogen-bond acceptors (Lipinski definition) is 17. The van der Waals surface area contributed by atoms with Gasteiger partial charge in [-0.2, -0.15) is 0 Å². The number of carbonyl (C=O) groups excluding carboxylic acids is 4. The highest BCUT2D eigenvalue weighted by molar-refractivity contribution is 5.81. The van der Waals surface area contributed by atoms with Gasteiger partial charge in [-0.1, -0.05) is 0 Å². The zero-order chi connectivity index (χ0) is 45.2. The third kappa shape index (κ3) is 17.4. The zero-order valence-corrected chi connectivity index (χ0v) is 36.4. The van der Waals surface area contributed by atoms with E-state index in [1.54, 1.807) is 68.4 Å². The fourth-order valence-electron chi connectivity index (χ4n) is 6.51. The molecule has 3 rings (SSSR count). The molecular formula is C39H69N5O16. The van der Waals surface area contributed by atoms with Gasteiger partial charge in [-0.25, -0.2) is 14.4 Å². The third-order valence-electron chi connectivity index (χ3n) is 8.98. The summed E-state index contributed by atoms with van der Waals surface area (Å²) in [6, 6.07) is -3.28. The first kappa shape index (κ1) is 50.8. The zero-order valence-electron chi connectivity index (χ0n) is 36.4. The first-order valence-electron chi connectivity index (χ1n) is 20.3. The van der Waals surface area contributed by atoms with Crippen molar-refractivity contribution in [2.45, 2.75) is 179 Å². The Labute approximate surface area is 351 Å². The molecule has 11 atom stereocenters. The Morgan fingerprint density at radius 3 is 1.90 bits per heavy atom. The Bertz CT molecular complexity index is 1460. The maximum Gasteiger partial charge on any atom is 0.408 e. The molecule has 60 heavy (non-hydrogen) atoms. The molecule has 10 N–H and O–H groups in total. The van der Waals surface area contributed by atoms with Crippen LogP contribution in [0.25, 0.3) is 0 Å². The van der Waals surface area contributed by atoms with Crippen LogP contribution < -0.4 is 26.6 Å². The summed E-state index contributed by atoms with van der Waals surface area (Å²) in [7, 11) is 0. The molecule has 1 saturated heterocycles. The number of ether oxygens (including phenoxy) is 7. The molecule has 0 aromatic carbocycles. The lowest BCUT2D eigenvalue weighted by molar-refractivity contribution is -0.298. The number of carbonyl (C=O) groups is 4. The van der Waals surface area contributed by atoms with Gasteiger partial charge in [-0.15, -0.1) is 0 Å². The fourth-order valence-corrected chi connectivity index (χ4v) is 6.51. The smallest absolute Gasteiger partial charge is 0.408 e. The fraction of sp³-hybridized carbons (Fsp3) is 0.846. The van der Waals surface area contributed by atoms with E-state index >= 15 is 0 Å². The second-order valence-electron chi connectivity index (χ2n) is 18.5. The van der Waals surface area contributed by atoms with Crippen LogP contribution in [0.3, 0.4) is 0 Å². The molecule has 346 valence electrons. The van der Waals surface area contributed by atoms with Gasteiger partial charge in [0.15, 0.2) is 6.29 Å². The maximum absolute atomic E-state index is 13.5. The molecule has 21 nitrogen and oxygen atoms in total. The minimum absolute atomic E-state index is 0.136. The van der Waals surface area contributed by atoms with Gasteiger partial charge in [-0.05, 0) is 94.6 Å². The predicted octanol–water partition coefficient (Wildman–Crippen LogP) is 0.139. The molecule has 0 bridgehead atoms. The van der Waals surface area contributed by atoms with Gasteiger partial charge in [0, 0.05) is 19.5 Å². The molecule has 1 saturated carbocycles. The Hall–Kier alpha value is -3.54. The Morgan fingerprint density at radius 1 is 0.817 bits per heavy atom. The van der Waals surface area contributed by atoms with E-state index in [0.717, 1.165) is 0 Å². The molecule has 2 fully saturated rings. The van der Waals surface area contributed by atoms with Crippen molar-refractivity contribution in [3.05, 3.63) is 11.8 Å². The minimum Gasteiger partial charge on any atom is -0.466 e. The molecule has 3 aliphatic rings. The van der Waals surface area contributed by atoms with Gasteiger partial charge in [0.25, 0.3) is 0 Å². The molecular weight excluding hydrogens is 794 g/mol. The summed E-state index contributed by atoms with van der Waals surface area (Å²) in [4.78, 5) is 51.9. The Kier molecular flexibility index (Phi) is 18.2.